The third-order valence-corrected chi connectivity index (χ3v) is 5.94. The molecule has 1 N–H and O–H groups in total. The quantitative estimate of drug-likeness (QED) is 0.477. The summed E-state index contributed by atoms with van der Waals surface area (Å²) in [6.45, 7) is 2.10. The number of rotatable bonds is 8. The summed E-state index contributed by atoms with van der Waals surface area (Å²) < 4.78 is 18.5. The van der Waals surface area contributed by atoms with Gasteiger partial charge in [-0.05, 0) is 66.1 Å². The highest BCUT2D eigenvalue weighted by Gasteiger charge is 2.46. The number of methoxy groups -OCH3 is 1. The minimum absolute atomic E-state index is 0.0562. The lowest BCUT2D eigenvalue weighted by molar-refractivity contribution is -0.124. The standard InChI is InChI=1S/C27H26FN3O4/c1-3-18-6-10-21(11-7-18)29-25(32)16-24-26(33)31(22-12-14-23(35-2)15-13-22)27(34)30(24)17-19-4-8-20(28)9-5-19/h4-15,24H,3,16-17H2,1-2H3,(H,29,32). The van der Waals surface area contributed by atoms with Crippen molar-refractivity contribution in [3.63, 3.8) is 0 Å². The number of amides is 4. The van der Waals surface area contributed by atoms with Crippen LogP contribution in [-0.2, 0) is 22.6 Å². The highest BCUT2D eigenvalue weighted by Crippen LogP contribution is 2.30. The van der Waals surface area contributed by atoms with Crippen molar-refractivity contribution in [3.8, 4) is 5.75 Å². The van der Waals surface area contributed by atoms with Crippen molar-refractivity contribution in [1.29, 1.82) is 0 Å². The summed E-state index contributed by atoms with van der Waals surface area (Å²) in [5.74, 6) is -0.705. The van der Waals surface area contributed by atoms with Crippen LogP contribution in [0.25, 0.3) is 0 Å². The van der Waals surface area contributed by atoms with E-state index in [1.54, 1.807) is 48.5 Å². The number of nitrogens with zero attached hydrogens (tertiary/aromatic N) is 2. The van der Waals surface area contributed by atoms with Crippen LogP contribution < -0.4 is 15.0 Å². The predicted octanol–water partition coefficient (Wildman–Crippen LogP) is 4.76. The first-order valence-corrected chi connectivity index (χ1v) is 11.3. The summed E-state index contributed by atoms with van der Waals surface area (Å²) >= 11 is 0. The molecule has 0 aliphatic carbocycles. The summed E-state index contributed by atoms with van der Waals surface area (Å²) in [4.78, 5) is 42.0. The first-order valence-electron chi connectivity index (χ1n) is 11.3. The zero-order valence-corrected chi connectivity index (χ0v) is 19.5. The number of urea groups is 1. The van der Waals surface area contributed by atoms with Gasteiger partial charge in [-0.2, -0.15) is 0 Å². The Morgan fingerprint density at radius 2 is 1.57 bits per heavy atom. The second kappa shape index (κ2) is 10.4. The van der Waals surface area contributed by atoms with Gasteiger partial charge in [-0.1, -0.05) is 31.2 Å². The van der Waals surface area contributed by atoms with Gasteiger partial charge < -0.3 is 15.0 Å². The van der Waals surface area contributed by atoms with Crippen molar-refractivity contribution >= 4 is 29.2 Å². The number of nitrogens with one attached hydrogen (secondary N) is 1. The van der Waals surface area contributed by atoms with E-state index in [0.717, 1.165) is 16.9 Å². The van der Waals surface area contributed by atoms with E-state index >= 15 is 0 Å². The number of carbonyl (C=O) groups excluding carboxylic acids is 3. The van der Waals surface area contributed by atoms with Gasteiger partial charge in [0, 0.05) is 12.2 Å². The average molecular weight is 476 g/mol. The number of ether oxygens (including phenoxy) is 1. The summed E-state index contributed by atoms with van der Waals surface area (Å²) in [5, 5.41) is 2.80. The molecule has 0 aromatic heterocycles. The molecule has 1 fully saturated rings. The first-order chi connectivity index (χ1) is 16.9. The van der Waals surface area contributed by atoms with Crippen LogP contribution in [0.2, 0.25) is 0 Å². The van der Waals surface area contributed by atoms with E-state index in [9.17, 15) is 18.8 Å². The van der Waals surface area contributed by atoms with Crippen molar-refractivity contribution < 1.29 is 23.5 Å². The molecule has 1 aliphatic rings. The Labute approximate surface area is 203 Å². The lowest BCUT2D eigenvalue weighted by Crippen LogP contribution is -2.37. The van der Waals surface area contributed by atoms with Crippen molar-refractivity contribution in [3.05, 3.63) is 89.7 Å². The Kier molecular flexibility index (Phi) is 7.10. The minimum Gasteiger partial charge on any atom is -0.497 e. The largest absolute Gasteiger partial charge is 0.497 e. The molecule has 3 aromatic carbocycles. The molecule has 7 nitrogen and oxygen atoms in total. The van der Waals surface area contributed by atoms with Crippen LogP contribution in [0.5, 0.6) is 5.75 Å². The molecule has 0 bridgehead atoms. The van der Waals surface area contributed by atoms with Crippen LogP contribution in [-0.4, -0.2) is 35.9 Å². The number of aryl methyl sites for hydroxylation is 1. The van der Waals surface area contributed by atoms with Gasteiger partial charge in [0.1, 0.15) is 17.6 Å². The summed E-state index contributed by atoms with van der Waals surface area (Å²) in [6.07, 6.45) is 0.667. The van der Waals surface area contributed by atoms with Gasteiger partial charge in [-0.25, -0.2) is 14.1 Å². The number of benzene rings is 3. The van der Waals surface area contributed by atoms with Crippen molar-refractivity contribution in [2.75, 3.05) is 17.3 Å². The van der Waals surface area contributed by atoms with E-state index in [0.29, 0.717) is 22.7 Å². The third-order valence-electron chi connectivity index (χ3n) is 5.94. The second-order valence-corrected chi connectivity index (χ2v) is 8.23. The molecule has 0 radical (unpaired) electrons. The van der Waals surface area contributed by atoms with Gasteiger partial charge in [-0.3, -0.25) is 9.59 Å². The van der Waals surface area contributed by atoms with Gasteiger partial charge in [0.05, 0.1) is 19.2 Å². The van der Waals surface area contributed by atoms with E-state index in [-0.39, 0.29) is 18.9 Å². The lowest BCUT2D eigenvalue weighted by Gasteiger charge is -2.21. The second-order valence-electron chi connectivity index (χ2n) is 8.23. The van der Waals surface area contributed by atoms with Crippen molar-refractivity contribution in [1.82, 2.24) is 4.90 Å². The van der Waals surface area contributed by atoms with Gasteiger partial charge in [0.2, 0.25) is 5.91 Å². The Hall–Kier alpha value is -4.20. The van der Waals surface area contributed by atoms with Crippen LogP contribution in [0, 0.1) is 5.82 Å². The summed E-state index contributed by atoms with van der Waals surface area (Å²) in [6, 6.07) is 18.1. The van der Waals surface area contributed by atoms with E-state index in [4.69, 9.17) is 4.74 Å². The highest BCUT2D eigenvalue weighted by atomic mass is 19.1. The molecule has 8 heteroatoms. The fourth-order valence-corrected chi connectivity index (χ4v) is 3.98. The normalized spacial score (nSPS) is 15.5. The SMILES string of the molecule is CCc1ccc(NC(=O)CC2C(=O)N(c3ccc(OC)cc3)C(=O)N2Cc2ccc(F)cc2)cc1. The van der Waals surface area contributed by atoms with Crippen molar-refractivity contribution in [2.45, 2.75) is 32.4 Å². The van der Waals surface area contributed by atoms with Crippen LogP contribution in [0.1, 0.15) is 24.5 Å². The average Bonchev–Trinajstić information content (AvgIpc) is 3.09. The molecule has 1 saturated heterocycles. The molecule has 4 rings (SSSR count). The molecule has 35 heavy (non-hydrogen) atoms. The van der Waals surface area contributed by atoms with Gasteiger partial charge in [-0.15, -0.1) is 0 Å². The van der Waals surface area contributed by atoms with Crippen LogP contribution in [0.15, 0.2) is 72.8 Å². The molecule has 0 spiro atoms. The minimum atomic E-state index is -1.01. The van der Waals surface area contributed by atoms with Crippen molar-refractivity contribution in [2.24, 2.45) is 0 Å². The van der Waals surface area contributed by atoms with Gasteiger partial charge in [0.15, 0.2) is 0 Å². The van der Waals surface area contributed by atoms with Gasteiger partial charge >= 0.3 is 6.03 Å². The molecule has 1 aliphatic heterocycles. The molecule has 0 saturated carbocycles. The maximum atomic E-state index is 13.4. The fraction of sp³-hybridized carbons (Fsp3) is 0.222. The maximum Gasteiger partial charge on any atom is 0.332 e. The number of imide groups is 1. The number of carbonyl (C=O) groups is 3. The van der Waals surface area contributed by atoms with E-state index in [1.165, 1.54) is 24.1 Å². The number of hydrogen-bond acceptors (Lipinski definition) is 4. The smallest absolute Gasteiger partial charge is 0.332 e. The molecular weight excluding hydrogens is 449 g/mol. The van der Waals surface area contributed by atoms with E-state index < -0.39 is 23.8 Å². The molecule has 180 valence electrons. The summed E-state index contributed by atoms with van der Waals surface area (Å²) in [5.41, 5.74) is 2.77. The number of hydrogen-bond donors (Lipinski definition) is 1. The lowest BCUT2D eigenvalue weighted by atomic mass is 10.1. The Morgan fingerprint density at radius 3 is 2.17 bits per heavy atom. The Morgan fingerprint density at radius 1 is 0.943 bits per heavy atom. The fourth-order valence-electron chi connectivity index (χ4n) is 3.98. The van der Waals surface area contributed by atoms with Gasteiger partial charge in [0.25, 0.3) is 5.91 Å². The molecule has 1 unspecified atom stereocenters. The van der Waals surface area contributed by atoms with Crippen LogP contribution >= 0.6 is 0 Å². The molecule has 3 aromatic rings. The monoisotopic (exact) mass is 475 g/mol. The van der Waals surface area contributed by atoms with Crippen LogP contribution in [0.3, 0.4) is 0 Å². The first kappa shape index (κ1) is 23.9. The molecule has 4 amide bonds. The zero-order chi connectivity index (χ0) is 24.9. The Balaban J connectivity index is 1.58. The maximum absolute atomic E-state index is 13.4. The number of halogens is 1. The van der Waals surface area contributed by atoms with E-state index in [1.807, 2.05) is 19.1 Å². The topological polar surface area (TPSA) is 79.0 Å². The highest BCUT2D eigenvalue weighted by molar-refractivity contribution is 6.22. The Bertz CT molecular complexity index is 1210. The predicted molar refractivity (Wildman–Crippen MR) is 131 cm³/mol. The zero-order valence-electron chi connectivity index (χ0n) is 19.5. The molecule has 1 atom stereocenters. The third kappa shape index (κ3) is 5.32. The van der Waals surface area contributed by atoms with E-state index in [2.05, 4.69) is 5.32 Å². The molecule has 1 heterocycles. The summed E-state index contributed by atoms with van der Waals surface area (Å²) in [7, 11) is 1.52. The number of anilines is 2. The molecular formula is C27H26FN3O4. The van der Waals surface area contributed by atoms with Crippen LogP contribution in [0.4, 0.5) is 20.6 Å².